The molecule has 0 aromatic heterocycles. The molecule has 0 spiro atoms. The lowest BCUT2D eigenvalue weighted by Crippen LogP contribution is -2.52. The van der Waals surface area contributed by atoms with Crippen molar-refractivity contribution in [2.75, 3.05) is 40.3 Å². The van der Waals surface area contributed by atoms with Gasteiger partial charge in [-0.15, -0.1) is 0 Å². The predicted octanol–water partition coefficient (Wildman–Crippen LogP) is 4.90. The smallest absolute Gasteiger partial charge is 0.317 e. The Morgan fingerprint density at radius 3 is 2.67 bits per heavy atom. The summed E-state index contributed by atoms with van der Waals surface area (Å²) in [5, 5.41) is 9.93. The minimum absolute atomic E-state index is 0.0165. The SMILES string of the molecule is CNCC(CC1CCCCC1)NC(=O)N1CCCC(C(OCCCC(=O)NC)c2cccc(Cl)c2)C1. The van der Waals surface area contributed by atoms with E-state index in [4.69, 9.17) is 16.3 Å². The normalized spacial score (nSPS) is 20.5. The van der Waals surface area contributed by atoms with Crippen molar-refractivity contribution in [1.29, 1.82) is 0 Å². The summed E-state index contributed by atoms with van der Waals surface area (Å²) >= 11 is 6.31. The summed E-state index contributed by atoms with van der Waals surface area (Å²) < 4.78 is 6.36. The number of urea groups is 1. The minimum atomic E-state index is -0.167. The average molecular weight is 521 g/mol. The number of nitrogens with zero attached hydrogens (tertiary/aromatic N) is 1. The number of likely N-dealkylation sites (tertiary alicyclic amines) is 1. The van der Waals surface area contributed by atoms with E-state index in [1.54, 1.807) is 7.05 Å². The Hall–Kier alpha value is -1.83. The molecule has 36 heavy (non-hydrogen) atoms. The Kier molecular flexibility index (Phi) is 12.3. The first-order valence-electron chi connectivity index (χ1n) is 13.8. The number of likely N-dealkylation sites (N-methyl/N-ethyl adjacent to an activating group) is 1. The van der Waals surface area contributed by atoms with E-state index in [1.165, 1.54) is 32.1 Å². The number of rotatable bonds is 12. The lowest BCUT2D eigenvalue weighted by molar-refractivity contribution is -0.121. The number of amides is 3. The molecule has 1 saturated heterocycles. The molecule has 1 heterocycles. The molecule has 0 bridgehead atoms. The molecule has 1 saturated carbocycles. The third-order valence-electron chi connectivity index (χ3n) is 7.60. The van der Waals surface area contributed by atoms with E-state index in [0.29, 0.717) is 36.9 Å². The average Bonchev–Trinajstić information content (AvgIpc) is 2.89. The fraction of sp³-hybridized carbons (Fsp3) is 0.714. The van der Waals surface area contributed by atoms with Gasteiger partial charge in [-0.25, -0.2) is 4.79 Å². The van der Waals surface area contributed by atoms with E-state index >= 15 is 0 Å². The molecule has 1 aromatic carbocycles. The van der Waals surface area contributed by atoms with Crippen molar-refractivity contribution in [1.82, 2.24) is 20.9 Å². The molecule has 1 aliphatic heterocycles. The van der Waals surface area contributed by atoms with Crippen molar-refractivity contribution in [3.05, 3.63) is 34.9 Å². The van der Waals surface area contributed by atoms with Crippen LogP contribution in [0.4, 0.5) is 4.79 Å². The Labute approximate surface area is 222 Å². The summed E-state index contributed by atoms with van der Waals surface area (Å²) in [4.78, 5) is 26.9. The second-order valence-corrected chi connectivity index (χ2v) is 10.9. The summed E-state index contributed by atoms with van der Waals surface area (Å²) in [6.45, 7) is 2.68. The van der Waals surface area contributed by atoms with E-state index in [-0.39, 0.29) is 30.0 Å². The molecule has 7 nitrogen and oxygen atoms in total. The summed E-state index contributed by atoms with van der Waals surface area (Å²) in [5.74, 6) is 0.897. The van der Waals surface area contributed by atoms with Crippen molar-refractivity contribution in [3.8, 4) is 0 Å². The van der Waals surface area contributed by atoms with Crippen LogP contribution in [0.2, 0.25) is 5.02 Å². The van der Waals surface area contributed by atoms with Gasteiger partial charge in [0.25, 0.3) is 0 Å². The molecular weight excluding hydrogens is 476 g/mol. The standard InChI is InChI=1S/C28H45ClN4O3/c1-30-19-25(17-21-9-4-3-5-10-21)32-28(35)33-15-7-12-23(20-33)27(22-11-6-13-24(29)18-22)36-16-8-14-26(34)31-2/h6,11,13,18,21,23,25,27,30H,3-5,7-10,12,14-17,19-20H2,1-2H3,(H,31,34)(H,32,35). The lowest BCUT2D eigenvalue weighted by atomic mass is 9.85. The summed E-state index contributed by atoms with van der Waals surface area (Å²) in [6, 6.07) is 7.98. The number of benzene rings is 1. The van der Waals surface area contributed by atoms with Crippen LogP contribution >= 0.6 is 11.6 Å². The van der Waals surface area contributed by atoms with Crippen LogP contribution < -0.4 is 16.0 Å². The number of hydrogen-bond acceptors (Lipinski definition) is 4. The van der Waals surface area contributed by atoms with Crippen LogP contribution in [-0.4, -0.2) is 63.2 Å². The number of carbonyl (C=O) groups is 2. The van der Waals surface area contributed by atoms with E-state index in [2.05, 4.69) is 16.0 Å². The van der Waals surface area contributed by atoms with Crippen LogP contribution in [0.3, 0.4) is 0 Å². The van der Waals surface area contributed by atoms with Crippen molar-refractivity contribution in [3.63, 3.8) is 0 Å². The Morgan fingerprint density at radius 2 is 1.94 bits per heavy atom. The third kappa shape index (κ3) is 9.24. The second kappa shape index (κ2) is 15.4. The zero-order valence-electron chi connectivity index (χ0n) is 22.1. The summed E-state index contributed by atoms with van der Waals surface area (Å²) in [5.41, 5.74) is 1.03. The van der Waals surface area contributed by atoms with Crippen molar-refractivity contribution in [2.45, 2.75) is 76.4 Å². The van der Waals surface area contributed by atoms with Gasteiger partial charge >= 0.3 is 6.03 Å². The molecular formula is C28H45ClN4O3. The molecule has 3 amide bonds. The molecule has 8 heteroatoms. The highest BCUT2D eigenvalue weighted by Gasteiger charge is 2.32. The molecule has 3 atom stereocenters. The number of hydrogen-bond donors (Lipinski definition) is 3. The number of piperidine rings is 1. The highest BCUT2D eigenvalue weighted by molar-refractivity contribution is 6.30. The Bertz CT molecular complexity index is 818. The first kappa shape index (κ1) is 28.7. The first-order chi connectivity index (χ1) is 17.5. The van der Waals surface area contributed by atoms with Crippen molar-refractivity contribution < 1.29 is 14.3 Å². The summed E-state index contributed by atoms with van der Waals surface area (Å²) in [7, 11) is 3.60. The molecule has 202 valence electrons. The molecule has 1 aliphatic carbocycles. The van der Waals surface area contributed by atoms with Gasteiger partial charge < -0.3 is 25.6 Å². The van der Waals surface area contributed by atoms with Gasteiger partial charge in [-0.05, 0) is 56.3 Å². The van der Waals surface area contributed by atoms with E-state index in [9.17, 15) is 9.59 Å². The van der Waals surface area contributed by atoms with Crippen LogP contribution in [0.25, 0.3) is 0 Å². The highest BCUT2D eigenvalue weighted by Crippen LogP contribution is 2.34. The number of carbonyl (C=O) groups excluding carboxylic acids is 2. The van der Waals surface area contributed by atoms with Gasteiger partial charge in [0, 0.05) is 56.7 Å². The number of halogens is 1. The van der Waals surface area contributed by atoms with Crippen LogP contribution in [0.1, 0.15) is 75.9 Å². The van der Waals surface area contributed by atoms with Crippen molar-refractivity contribution in [2.24, 2.45) is 11.8 Å². The zero-order valence-corrected chi connectivity index (χ0v) is 22.8. The van der Waals surface area contributed by atoms with Gasteiger partial charge in [0.05, 0.1) is 6.10 Å². The fourth-order valence-corrected chi connectivity index (χ4v) is 5.93. The Balaban J connectivity index is 1.62. The van der Waals surface area contributed by atoms with Crippen LogP contribution in [0.15, 0.2) is 24.3 Å². The maximum Gasteiger partial charge on any atom is 0.317 e. The van der Waals surface area contributed by atoms with Crippen LogP contribution in [-0.2, 0) is 9.53 Å². The van der Waals surface area contributed by atoms with E-state index in [1.807, 2.05) is 36.2 Å². The minimum Gasteiger partial charge on any atom is -0.373 e. The van der Waals surface area contributed by atoms with Gasteiger partial charge in [0.15, 0.2) is 0 Å². The summed E-state index contributed by atoms with van der Waals surface area (Å²) in [6.07, 6.45) is 10.4. The van der Waals surface area contributed by atoms with Gasteiger partial charge in [0.1, 0.15) is 0 Å². The molecule has 3 unspecified atom stereocenters. The number of nitrogens with one attached hydrogen (secondary N) is 3. The van der Waals surface area contributed by atoms with Crippen LogP contribution in [0, 0.1) is 11.8 Å². The third-order valence-corrected chi connectivity index (χ3v) is 7.83. The molecule has 0 radical (unpaired) electrons. The van der Waals surface area contributed by atoms with Gasteiger partial charge in [-0.3, -0.25) is 4.79 Å². The molecule has 1 aromatic rings. The monoisotopic (exact) mass is 520 g/mol. The molecule has 2 fully saturated rings. The topological polar surface area (TPSA) is 82.7 Å². The van der Waals surface area contributed by atoms with E-state index < -0.39 is 0 Å². The second-order valence-electron chi connectivity index (χ2n) is 10.4. The fourth-order valence-electron chi connectivity index (χ4n) is 5.73. The molecule has 3 N–H and O–H groups in total. The molecule has 3 rings (SSSR count). The zero-order chi connectivity index (χ0) is 25.8. The highest BCUT2D eigenvalue weighted by atomic mass is 35.5. The Morgan fingerprint density at radius 1 is 1.14 bits per heavy atom. The van der Waals surface area contributed by atoms with Gasteiger partial charge in [-0.1, -0.05) is 55.8 Å². The van der Waals surface area contributed by atoms with Crippen molar-refractivity contribution >= 4 is 23.5 Å². The maximum absolute atomic E-state index is 13.3. The van der Waals surface area contributed by atoms with Gasteiger partial charge in [0.2, 0.25) is 5.91 Å². The quantitative estimate of drug-likeness (QED) is 0.342. The maximum atomic E-state index is 13.3. The van der Waals surface area contributed by atoms with Gasteiger partial charge in [-0.2, -0.15) is 0 Å². The number of ether oxygens (including phenoxy) is 1. The first-order valence-corrected chi connectivity index (χ1v) is 14.2. The van der Waals surface area contributed by atoms with E-state index in [0.717, 1.165) is 37.9 Å². The predicted molar refractivity (Wildman–Crippen MR) is 145 cm³/mol. The lowest BCUT2D eigenvalue weighted by Gasteiger charge is -2.38. The van der Waals surface area contributed by atoms with Crippen LogP contribution in [0.5, 0.6) is 0 Å². The largest absolute Gasteiger partial charge is 0.373 e. The molecule has 2 aliphatic rings.